The Morgan fingerprint density at radius 2 is 1.91 bits per heavy atom. The standard InChI is InChI=1S/C24H26N4O4/c1-2-32-24(31)20-15-21(28(26-20)18-9-4-3-5-10-18)23(30)25-16-17-8-6-11-19(14-17)27-13-7-12-22(27)29/h3-6,8-11,14,21H,2,7,12-13,15-16H2,1H3,(H,25,30). The number of rotatable bonds is 7. The molecule has 1 unspecified atom stereocenters. The van der Waals surface area contributed by atoms with E-state index in [2.05, 4.69) is 10.4 Å². The molecule has 1 atom stereocenters. The highest BCUT2D eigenvalue weighted by Crippen LogP contribution is 2.26. The van der Waals surface area contributed by atoms with E-state index in [1.165, 1.54) is 0 Å². The predicted octanol–water partition coefficient (Wildman–Crippen LogP) is 2.63. The zero-order chi connectivity index (χ0) is 22.5. The van der Waals surface area contributed by atoms with E-state index in [1.54, 1.807) is 16.8 Å². The zero-order valence-electron chi connectivity index (χ0n) is 18.0. The normalized spacial score (nSPS) is 18.0. The largest absolute Gasteiger partial charge is 0.461 e. The molecule has 2 aliphatic heterocycles. The van der Waals surface area contributed by atoms with Crippen LogP contribution in [0.5, 0.6) is 0 Å². The molecule has 2 aromatic rings. The second kappa shape index (κ2) is 9.64. The molecule has 0 spiro atoms. The van der Waals surface area contributed by atoms with Gasteiger partial charge in [0.15, 0.2) is 0 Å². The van der Waals surface area contributed by atoms with Crippen molar-refractivity contribution in [1.29, 1.82) is 0 Å². The highest BCUT2D eigenvalue weighted by atomic mass is 16.5. The molecule has 1 saturated heterocycles. The number of carbonyl (C=O) groups excluding carboxylic acids is 3. The number of nitrogens with one attached hydrogen (secondary N) is 1. The van der Waals surface area contributed by atoms with Crippen molar-refractivity contribution in [3.8, 4) is 0 Å². The summed E-state index contributed by atoms with van der Waals surface area (Å²) < 4.78 is 5.08. The zero-order valence-corrected chi connectivity index (χ0v) is 18.0. The molecule has 0 saturated carbocycles. The number of hydrogen-bond acceptors (Lipinski definition) is 6. The Hall–Kier alpha value is -3.68. The van der Waals surface area contributed by atoms with E-state index in [4.69, 9.17) is 4.74 Å². The Labute approximate surface area is 186 Å². The van der Waals surface area contributed by atoms with Crippen molar-refractivity contribution in [2.24, 2.45) is 5.10 Å². The van der Waals surface area contributed by atoms with Crippen LogP contribution in [0.3, 0.4) is 0 Å². The van der Waals surface area contributed by atoms with Crippen LogP contribution in [0.4, 0.5) is 11.4 Å². The van der Waals surface area contributed by atoms with E-state index in [9.17, 15) is 14.4 Å². The molecule has 4 rings (SSSR count). The van der Waals surface area contributed by atoms with Gasteiger partial charge in [0.2, 0.25) is 11.8 Å². The van der Waals surface area contributed by atoms with Gasteiger partial charge in [0, 0.05) is 31.6 Å². The fraction of sp³-hybridized carbons (Fsp3) is 0.333. The van der Waals surface area contributed by atoms with Crippen molar-refractivity contribution in [3.63, 3.8) is 0 Å². The summed E-state index contributed by atoms with van der Waals surface area (Å²) in [4.78, 5) is 39.1. The molecule has 0 aliphatic carbocycles. The van der Waals surface area contributed by atoms with E-state index in [0.717, 1.165) is 29.9 Å². The van der Waals surface area contributed by atoms with Gasteiger partial charge in [0.25, 0.3) is 0 Å². The van der Waals surface area contributed by atoms with Gasteiger partial charge in [0.05, 0.1) is 12.3 Å². The molecule has 8 heteroatoms. The topological polar surface area (TPSA) is 91.3 Å². The molecule has 0 aromatic heterocycles. The molecule has 1 fully saturated rings. The second-order valence-corrected chi connectivity index (χ2v) is 7.70. The Morgan fingerprint density at radius 3 is 2.62 bits per heavy atom. The SMILES string of the molecule is CCOC(=O)C1=NN(c2ccccc2)C(C(=O)NCc2cccc(N3CCCC3=O)c2)C1. The fourth-order valence-electron chi connectivity index (χ4n) is 3.93. The summed E-state index contributed by atoms with van der Waals surface area (Å²) in [6.07, 6.45) is 1.60. The first-order valence-electron chi connectivity index (χ1n) is 10.8. The molecule has 166 valence electrons. The summed E-state index contributed by atoms with van der Waals surface area (Å²) in [6.45, 7) is 3.01. The van der Waals surface area contributed by atoms with E-state index in [0.29, 0.717) is 13.0 Å². The summed E-state index contributed by atoms with van der Waals surface area (Å²) in [5.74, 6) is -0.620. The maximum absolute atomic E-state index is 13.1. The molecule has 8 nitrogen and oxygen atoms in total. The molecular weight excluding hydrogens is 408 g/mol. The van der Waals surface area contributed by atoms with Gasteiger partial charge in [-0.2, -0.15) is 5.10 Å². The lowest BCUT2D eigenvalue weighted by Crippen LogP contribution is -2.42. The molecule has 2 aliphatic rings. The van der Waals surface area contributed by atoms with Crippen molar-refractivity contribution in [3.05, 3.63) is 60.2 Å². The fourth-order valence-corrected chi connectivity index (χ4v) is 3.93. The van der Waals surface area contributed by atoms with Gasteiger partial charge in [-0.25, -0.2) is 4.79 Å². The Morgan fingerprint density at radius 1 is 1.12 bits per heavy atom. The van der Waals surface area contributed by atoms with Crippen LogP contribution in [0.15, 0.2) is 59.7 Å². The summed E-state index contributed by atoms with van der Waals surface area (Å²) in [5.41, 5.74) is 2.69. The Bertz CT molecular complexity index is 1040. The number of hydrazone groups is 1. The molecule has 2 aromatic carbocycles. The van der Waals surface area contributed by atoms with Gasteiger partial charge in [-0.05, 0) is 43.2 Å². The van der Waals surface area contributed by atoms with Crippen molar-refractivity contribution >= 4 is 34.9 Å². The first kappa shape index (κ1) is 21.5. The highest BCUT2D eigenvalue weighted by molar-refractivity contribution is 6.38. The number of amides is 2. The van der Waals surface area contributed by atoms with E-state index >= 15 is 0 Å². The maximum atomic E-state index is 13.1. The van der Waals surface area contributed by atoms with Gasteiger partial charge >= 0.3 is 5.97 Å². The average Bonchev–Trinajstić information content (AvgIpc) is 3.45. The number of benzene rings is 2. The molecular formula is C24H26N4O4. The Kier molecular flexibility index (Phi) is 6.49. The maximum Gasteiger partial charge on any atom is 0.354 e. The first-order chi connectivity index (χ1) is 15.6. The molecule has 32 heavy (non-hydrogen) atoms. The van der Waals surface area contributed by atoms with Crippen LogP contribution in [-0.4, -0.2) is 42.7 Å². The lowest BCUT2D eigenvalue weighted by atomic mass is 10.1. The predicted molar refractivity (Wildman–Crippen MR) is 121 cm³/mol. The van der Waals surface area contributed by atoms with Crippen molar-refractivity contribution in [2.75, 3.05) is 23.1 Å². The van der Waals surface area contributed by atoms with E-state index in [-0.39, 0.29) is 30.6 Å². The van der Waals surface area contributed by atoms with E-state index in [1.807, 2.05) is 54.6 Å². The van der Waals surface area contributed by atoms with Crippen molar-refractivity contribution in [2.45, 2.75) is 38.8 Å². The van der Waals surface area contributed by atoms with Crippen molar-refractivity contribution in [1.82, 2.24) is 5.32 Å². The number of esters is 1. The second-order valence-electron chi connectivity index (χ2n) is 7.70. The third kappa shape index (κ3) is 4.64. The summed E-state index contributed by atoms with van der Waals surface area (Å²) in [6, 6.07) is 16.2. The van der Waals surface area contributed by atoms with Crippen LogP contribution in [0, 0.1) is 0 Å². The van der Waals surface area contributed by atoms with Crippen LogP contribution < -0.4 is 15.2 Å². The summed E-state index contributed by atoms with van der Waals surface area (Å²) in [5, 5.41) is 8.90. The van der Waals surface area contributed by atoms with Crippen LogP contribution in [0.25, 0.3) is 0 Å². The monoisotopic (exact) mass is 434 g/mol. The molecule has 2 amide bonds. The van der Waals surface area contributed by atoms with Crippen LogP contribution in [0.1, 0.15) is 31.7 Å². The van der Waals surface area contributed by atoms with E-state index < -0.39 is 12.0 Å². The molecule has 0 bridgehead atoms. The molecule has 2 heterocycles. The number of nitrogens with zero attached hydrogens (tertiary/aromatic N) is 3. The van der Waals surface area contributed by atoms with Crippen molar-refractivity contribution < 1.29 is 19.1 Å². The third-order valence-corrected chi connectivity index (χ3v) is 5.51. The van der Waals surface area contributed by atoms with Crippen LogP contribution >= 0.6 is 0 Å². The quantitative estimate of drug-likeness (QED) is 0.677. The number of carbonyl (C=O) groups is 3. The minimum Gasteiger partial charge on any atom is -0.461 e. The molecule has 1 N–H and O–H groups in total. The lowest BCUT2D eigenvalue weighted by molar-refractivity contribution is -0.135. The first-order valence-corrected chi connectivity index (χ1v) is 10.8. The molecule has 0 radical (unpaired) electrons. The van der Waals surface area contributed by atoms with Gasteiger partial charge in [-0.15, -0.1) is 0 Å². The third-order valence-electron chi connectivity index (χ3n) is 5.51. The lowest BCUT2D eigenvalue weighted by Gasteiger charge is -2.23. The minimum atomic E-state index is -0.653. The van der Waals surface area contributed by atoms with Gasteiger partial charge < -0.3 is 15.0 Å². The van der Waals surface area contributed by atoms with Gasteiger partial charge in [-0.3, -0.25) is 14.6 Å². The minimum absolute atomic E-state index is 0.124. The van der Waals surface area contributed by atoms with Gasteiger partial charge in [0.1, 0.15) is 11.8 Å². The smallest absolute Gasteiger partial charge is 0.354 e. The van der Waals surface area contributed by atoms with Crippen LogP contribution in [-0.2, 0) is 25.7 Å². The number of ether oxygens (including phenoxy) is 1. The average molecular weight is 434 g/mol. The van der Waals surface area contributed by atoms with Gasteiger partial charge in [-0.1, -0.05) is 30.3 Å². The van der Waals surface area contributed by atoms with Crippen LogP contribution in [0.2, 0.25) is 0 Å². The number of hydrogen-bond donors (Lipinski definition) is 1. The highest BCUT2D eigenvalue weighted by Gasteiger charge is 2.36. The number of anilines is 2. The summed E-state index contributed by atoms with van der Waals surface area (Å²) in [7, 11) is 0. The number of para-hydroxylation sites is 1. The Balaban J connectivity index is 1.46. The summed E-state index contributed by atoms with van der Waals surface area (Å²) >= 11 is 0.